The Morgan fingerprint density at radius 3 is 2.48 bits per heavy atom. The quantitative estimate of drug-likeness (QED) is 0.286. The molecule has 0 bridgehead atoms. The number of methoxy groups -OCH3 is 1. The lowest BCUT2D eigenvalue weighted by atomic mass is 9.92. The fraction of sp³-hybridized carbons (Fsp3) is 0.611. The summed E-state index contributed by atoms with van der Waals surface area (Å²) < 4.78 is 38.7. The predicted octanol–water partition coefficient (Wildman–Crippen LogP) is 3.78. The molecule has 11 heteroatoms. The molecule has 160 valence electrons. The molecule has 0 atom stereocenters. The molecule has 1 heterocycles. The van der Waals surface area contributed by atoms with Gasteiger partial charge in [-0.15, -0.1) is 0 Å². The highest BCUT2D eigenvalue weighted by Crippen LogP contribution is 2.32. The molecule has 0 aromatic heterocycles. The van der Waals surface area contributed by atoms with Gasteiger partial charge < -0.3 is 9.47 Å². The molecule has 1 saturated heterocycles. The lowest BCUT2D eigenvalue weighted by molar-refractivity contribution is -0.0376. The van der Waals surface area contributed by atoms with Crippen molar-refractivity contribution in [2.45, 2.75) is 49.7 Å². The Labute approximate surface area is 175 Å². The molecule has 0 radical (unpaired) electrons. The van der Waals surface area contributed by atoms with Crippen LogP contribution in [0, 0.1) is 0 Å². The van der Waals surface area contributed by atoms with E-state index in [-0.39, 0.29) is 35.1 Å². The molecule has 29 heavy (non-hydrogen) atoms. The van der Waals surface area contributed by atoms with E-state index >= 15 is 0 Å². The zero-order valence-electron chi connectivity index (χ0n) is 16.9. The van der Waals surface area contributed by atoms with Crippen molar-refractivity contribution in [1.82, 2.24) is 4.31 Å². The summed E-state index contributed by atoms with van der Waals surface area (Å²) >= 11 is 6.00. The Bertz CT molecular complexity index is 915. The topological polar surface area (TPSA) is 122 Å². The zero-order chi connectivity index (χ0) is 21.9. The summed E-state index contributed by atoms with van der Waals surface area (Å²) in [6.45, 7) is 5.53. The largest absolute Gasteiger partial charge is 0.456 e. The molecule has 0 saturated carbocycles. The summed E-state index contributed by atoms with van der Waals surface area (Å²) in [5, 5.41) is 3.81. The molecular formula is C18H25ClN4O5S. The third-order valence-electron chi connectivity index (χ3n) is 4.67. The smallest absolute Gasteiger partial charge is 0.340 e. The first-order chi connectivity index (χ1) is 13.4. The number of nitrogens with zero attached hydrogens (tertiary/aromatic N) is 4. The second-order valence-corrected chi connectivity index (χ2v) is 10.2. The van der Waals surface area contributed by atoms with Crippen LogP contribution in [0.3, 0.4) is 0 Å². The standard InChI is InChI=1S/C18H25ClN4O5S/c1-17(2,3)28-16(24)14-11-13(19)5-6-15(14)29(25,26)23-9-7-18(27-4,8-10-23)12-21-22-20/h5-6,11H,7-10,12H2,1-4H3. The fourth-order valence-electron chi connectivity index (χ4n) is 3.08. The zero-order valence-corrected chi connectivity index (χ0v) is 18.5. The number of sulfonamides is 1. The van der Waals surface area contributed by atoms with E-state index in [4.69, 9.17) is 26.6 Å². The minimum atomic E-state index is -3.97. The van der Waals surface area contributed by atoms with Gasteiger partial charge in [0.15, 0.2) is 0 Å². The number of benzene rings is 1. The number of hydrogen-bond acceptors (Lipinski definition) is 6. The average molecular weight is 445 g/mol. The third-order valence-corrected chi connectivity index (χ3v) is 6.86. The van der Waals surface area contributed by atoms with Gasteiger partial charge in [-0.2, -0.15) is 4.31 Å². The van der Waals surface area contributed by atoms with Gasteiger partial charge in [0.05, 0.1) is 22.6 Å². The lowest BCUT2D eigenvalue weighted by Crippen LogP contribution is -2.49. The Morgan fingerprint density at radius 2 is 1.97 bits per heavy atom. The van der Waals surface area contributed by atoms with Crippen molar-refractivity contribution in [3.63, 3.8) is 0 Å². The van der Waals surface area contributed by atoms with Crippen molar-refractivity contribution < 1.29 is 22.7 Å². The van der Waals surface area contributed by atoms with Crippen molar-refractivity contribution in [2.75, 3.05) is 26.7 Å². The van der Waals surface area contributed by atoms with Crippen LogP contribution < -0.4 is 0 Å². The maximum Gasteiger partial charge on any atom is 0.340 e. The first-order valence-electron chi connectivity index (χ1n) is 9.03. The maximum absolute atomic E-state index is 13.3. The van der Waals surface area contributed by atoms with E-state index in [9.17, 15) is 13.2 Å². The Morgan fingerprint density at radius 1 is 1.34 bits per heavy atom. The predicted molar refractivity (Wildman–Crippen MR) is 108 cm³/mol. The van der Waals surface area contributed by atoms with Crippen molar-refractivity contribution in [1.29, 1.82) is 0 Å². The molecule has 1 aliphatic heterocycles. The monoisotopic (exact) mass is 444 g/mol. The van der Waals surface area contributed by atoms with Crippen LogP contribution in [0.1, 0.15) is 44.0 Å². The summed E-state index contributed by atoms with van der Waals surface area (Å²) in [6.07, 6.45) is 0.716. The number of halogens is 1. The second-order valence-electron chi connectivity index (χ2n) is 7.82. The molecule has 0 N–H and O–H groups in total. The van der Waals surface area contributed by atoms with Crippen LogP contribution in [0.4, 0.5) is 0 Å². The number of carbonyl (C=O) groups is 1. The van der Waals surface area contributed by atoms with Gasteiger partial charge in [0.25, 0.3) is 0 Å². The van der Waals surface area contributed by atoms with Gasteiger partial charge in [-0.25, -0.2) is 13.2 Å². The third kappa shape index (κ3) is 5.61. The number of azide groups is 1. The summed E-state index contributed by atoms with van der Waals surface area (Å²) in [7, 11) is -2.46. The van der Waals surface area contributed by atoms with Crippen molar-refractivity contribution in [3.05, 3.63) is 39.2 Å². The Kier molecular flexibility index (Phi) is 7.19. The molecule has 1 aromatic carbocycles. The van der Waals surface area contributed by atoms with E-state index in [1.54, 1.807) is 20.8 Å². The maximum atomic E-state index is 13.3. The summed E-state index contributed by atoms with van der Waals surface area (Å²) in [5.41, 5.74) is 6.97. The number of piperidine rings is 1. The summed E-state index contributed by atoms with van der Waals surface area (Å²) in [4.78, 5) is 15.2. The van der Waals surface area contributed by atoms with E-state index in [1.807, 2.05) is 0 Å². The van der Waals surface area contributed by atoms with Gasteiger partial charge in [-0.3, -0.25) is 0 Å². The molecule has 2 rings (SSSR count). The summed E-state index contributed by atoms with van der Waals surface area (Å²) in [5.74, 6) is -0.759. The SMILES string of the molecule is COC1(CN=[N+]=[N-])CCN(S(=O)(=O)c2ccc(Cl)cc2C(=O)OC(C)(C)C)CC1. The van der Waals surface area contributed by atoms with Gasteiger partial charge in [0.1, 0.15) is 5.60 Å². The Hall–Kier alpha value is -1.84. The van der Waals surface area contributed by atoms with Crippen molar-refractivity contribution in [3.8, 4) is 0 Å². The van der Waals surface area contributed by atoms with Crippen LogP contribution in [0.5, 0.6) is 0 Å². The second kappa shape index (κ2) is 8.89. The number of ether oxygens (including phenoxy) is 2. The van der Waals surface area contributed by atoms with Crippen molar-refractivity contribution >= 4 is 27.6 Å². The van der Waals surface area contributed by atoms with Crippen molar-refractivity contribution in [2.24, 2.45) is 5.11 Å². The Balaban J connectivity index is 2.33. The molecule has 9 nitrogen and oxygen atoms in total. The van der Waals surface area contributed by atoms with Gasteiger partial charge in [0, 0.05) is 30.1 Å². The average Bonchev–Trinajstić information content (AvgIpc) is 2.65. The normalized spacial score (nSPS) is 17.4. The van der Waals surface area contributed by atoms with Crippen LogP contribution in [0.2, 0.25) is 5.02 Å². The minimum absolute atomic E-state index is 0.106. The van der Waals surface area contributed by atoms with Gasteiger partial charge in [-0.05, 0) is 57.3 Å². The molecule has 0 aliphatic carbocycles. The number of rotatable bonds is 6. The van der Waals surface area contributed by atoms with Crippen LogP contribution in [0.25, 0.3) is 10.4 Å². The first-order valence-corrected chi connectivity index (χ1v) is 10.8. The number of hydrogen-bond donors (Lipinski definition) is 0. The van der Waals surface area contributed by atoms with Crippen LogP contribution in [-0.2, 0) is 19.5 Å². The lowest BCUT2D eigenvalue weighted by Gasteiger charge is -2.39. The van der Waals surface area contributed by atoms with E-state index in [0.717, 1.165) is 0 Å². The first kappa shape index (κ1) is 23.4. The van der Waals surface area contributed by atoms with Crippen LogP contribution in [-0.4, -0.2) is 56.6 Å². The highest BCUT2D eigenvalue weighted by Gasteiger charge is 2.39. The van der Waals surface area contributed by atoms with E-state index < -0.39 is 27.2 Å². The molecule has 0 spiro atoms. The van der Waals surface area contributed by atoms with Gasteiger partial charge in [-0.1, -0.05) is 16.7 Å². The van der Waals surface area contributed by atoms with Crippen LogP contribution >= 0.6 is 11.6 Å². The van der Waals surface area contributed by atoms with E-state index in [2.05, 4.69) is 10.0 Å². The highest BCUT2D eigenvalue weighted by molar-refractivity contribution is 7.89. The minimum Gasteiger partial charge on any atom is -0.456 e. The van der Waals surface area contributed by atoms with Crippen LogP contribution in [0.15, 0.2) is 28.2 Å². The molecule has 0 unspecified atom stereocenters. The molecule has 1 aromatic rings. The number of carbonyl (C=O) groups excluding carboxylic acids is 1. The molecular weight excluding hydrogens is 420 g/mol. The summed E-state index contributed by atoms with van der Waals surface area (Å²) in [6, 6.07) is 4.04. The fourth-order valence-corrected chi connectivity index (χ4v) is 4.85. The molecule has 0 amide bonds. The highest BCUT2D eigenvalue weighted by atomic mass is 35.5. The molecule has 1 aliphatic rings. The van der Waals surface area contributed by atoms with E-state index in [0.29, 0.717) is 12.8 Å². The van der Waals surface area contributed by atoms with Gasteiger partial charge in [0.2, 0.25) is 10.0 Å². The number of esters is 1. The van der Waals surface area contributed by atoms with Gasteiger partial charge >= 0.3 is 5.97 Å². The van der Waals surface area contributed by atoms with E-state index in [1.165, 1.54) is 29.6 Å². The molecule has 1 fully saturated rings.